The Morgan fingerprint density at radius 1 is 0.900 bits per heavy atom. The van der Waals surface area contributed by atoms with Gasteiger partial charge in [-0.2, -0.15) is 0 Å². The van der Waals surface area contributed by atoms with Gasteiger partial charge in [-0.1, -0.05) is 61.6 Å². The fraction of sp³-hybridized carbons (Fsp3) is 0.333. The standard InChI is InChI=1S/C18H25NSi/c1-6-20(4,5)17-12-10-16(11-13-17)19-18-14(2)8-7-9-15(18)3/h7-13,19H,6H2,1-5H3. The summed E-state index contributed by atoms with van der Waals surface area (Å²) in [4.78, 5) is 0. The second-order valence-electron chi connectivity index (χ2n) is 6.21. The van der Waals surface area contributed by atoms with Gasteiger partial charge in [-0.15, -0.1) is 0 Å². The van der Waals surface area contributed by atoms with Crippen molar-refractivity contribution in [3.8, 4) is 0 Å². The van der Waals surface area contributed by atoms with Gasteiger partial charge in [0.2, 0.25) is 0 Å². The highest BCUT2D eigenvalue weighted by Gasteiger charge is 2.20. The molecule has 0 aromatic heterocycles. The molecule has 2 rings (SSSR count). The molecule has 0 radical (unpaired) electrons. The zero-order valence-electron chi connectivity index (χ0n) is 13.2. The van der Waals surface area contributed by atoms with Gasteiger partial charge in [0.25, 0.3) is 0 Å². The number of aryl methyl sites for hydroxylation is 2. The molecule has 20 heavy (non-hydrogen) atoms. The first-order valence-corrected chi connectivity index (χ1v) is 10.6. The molecule has 0 bridgehead atoms. The molecule has 0 atom stereocenters. The van der Waals surface area contributed by atoms with Crippen molar-refractivity contribution < 1.29 is 0 Å². The Kier molecular flexibility index (Phi) is 4.34. The van der Waals surface area contributed by atoms with E-state index in [9.17, 15) is 0 Å². The summed E-state index contributed by atoms with van der Waals surface area (Å²) in [6, 6.07) is 16.7. The third kappa shape index (κ3) is 3.13. The smallest absolute Gasteiger partial charge is 0.0803 e. The zero-order valence-corrected chi connectivity index (χ0v) is 14.2. The Morgan fingerprint density at radius 3 is 1.95 bits per heavy atom. The lowest BCUT2D eigenvalue weighted by Crippen LogP contribution is -2.40. The normalized spacial score (nSPS) is 11.4. The van der Waals surface area contributed by atoms with Crippen molar-refractivity contribution in [2.75, 3.05) is 5.32 Å². The summed E-state index contributed by atoms with van der Waals surface area (Å²) < 4.78 is 0. The van der Waals surface area contributed by atoms with Gasteiger partial charge in [0, 0.05) is 11.4 Å². The molecule has 0 aliphatic rings. The maximum absolute atomic E-state index is 3.55. The second kappa shape index (κ2) is 5.84. The van der Waals surface area contributed by atoms with Crippen LogP contribution in [0.3, 0.4) is 0 Å². The van der Waals surface area contributed by atoms with Crippen LogP contribution in [0.5, 0.6) is 0 Å². The molecule has 0 unspecified atom stereocenters. The molecular formula is C18H25NSi. The van der Waals surface area contributed by atoms with Gasteiger partial charge in [0.05, 0.1) is 8.07 Å². The van der Waals surface area contributed by atoms with E-state index in [1.807, 2.05) is 0 Å². The Labute approximate surface area is 124 Å². The molecule has 2 aromatic carbocycles. The molecule has 0 aliphatic heterocycles. The summed E-state index contributed by atoms with van der Waals surface area (Å²) in [5.41, 5.74) is 4.98. The number of benzene rings is 2. The third-order valence-corrected chi connectivity index (χ3v) is 7.96. The minimum atomic E-state index is -1.22. The molecule has 106 valence electrons. The van der Waals surface area contributed by atoms with Crippen molar-refractivity contribution in [2.24, 2.45) is 0 Å². The largest absolute Gasteiger partial charge is 0.355 e. The van der Waals surface area contributed by atoms with E-state index in [1.54, 1.807) is 0 Å². The second-order valence-corrected chi connectivity index (χ2v) is 11.3. The lowest BCUT2D eigenvalue weighted by Gasteiger charge is -2.21. The van der Waals surface area contributed by atoms with E-state index >= 15 is 0 Å². The molecule has 0 heterocycles. The van der Waals surface area contributed by atoms with Crippen molar-refractivity contribution >= 4 is 24.6 Å². The number of anilines is 2. The highest BCUT2D eigenvalue weighted by Crippen LogP contribution is 2.24. The van der Waals surface area contributed by atoms with Crippen molar-refractivity contribution in [3.63, 3.8) is 0 Å². The average Bonchev–Trinajstić information content (AvgIpc) is 2.43. The highest BCUT2D eigenvalue weighted by atomic mass is 28.3. The minimum absolute atomic E-state index is 1.17. The van der Waals surface area contributed by atoms with Crippen LogP contribution in [-0.4, -0.2) is 8.07 Å². The number of hydrogen-bond donors (Lipinski definition) is 1. The van der Waals surface area contributed by atoms with Crippen LogP contribution in [-0.2, 0) is 0 Å². The monoisotopic (exact) mass is 283 g/mol. The van der Waals surface area contributed by atoms with Crippen LogP contribution < -0.4 is 10.5 Å². The number of rotatable bonds is 4. The Hall–Kier alpha value is -1.54. The van der Waals surface area contributed by atoms with Crippen LogP contribution in [0.4, 0.5) is 11.4 Å². The van der Waals surface area contributed by atoms with Gasteiger partial charge in [-0.05, 0) is 37.1 Å². The molecular weight excluding hydrogens is 258 g/mol. The van der Waals surface area contributed by atoms with E-state index in [1.165, 1.54) is 33.7 Å². The molecule has 0 fully saturated rings. The van der Waals surface area contributed by atoms with Gasteiger partial charge < -0.3 is 5.32 Å². The summed E-state index contributed by atoms with van der Waals surface area (Å²) in [6.07, 6.45) is 0. The first-order valence-electron chi connectivity index (χ1n) is 7.38. The van der Waals surface area contributed by atoms with E-state index in [4.69, 9.17) is 0 Å². The summed E-state index contributed by atoms with van der Waals surface area (Å²) in [5.74, 6) is 0. The quantitative estimate of drug-likeness (QED) is 0.780. The Balaban J connectivity index is 2.24. The average molecular weight is 283 g/mol. The molecule has 0 amide bonds. The lowest BCUT2D eigenvalue weighted by molar-refractivity contribution is 1.36. The van der Waals surface area contributed by atoms with Crippen LogP contribution >= 0.6 is 0 Å². The molecule has 1 nitrogen and oxygen atoms in total. The molecule has 0 saturated heterocycles. The topological polar surface area (TPSA) is 12.0 Å². The summed E-state index contributed by atoms with van der Waals surface area (Å²) in [6.45, 7) is 11.5. The minimum Gasteiger partial charge on any atom is -0.355 e. The van der Waals surface area contributed by atoms with Crippen molar-refractivity contribution in [1.82, 2.24) is 0 Å². The molecule has 0 aliphatic carbocycles. The summed E-state index contributed by atoms with van der Waals surface area (Å²) in [7, 11) is -1.22. The van der Waals surface area contributed by atoms with Crippen LogP contribution in [0.2, 0.25) is 19.1 Å². The maximum Gasteiger partial charge on any atom is 0.0803 e. The van der Waals surface area contributed by atoms with Gasteiger partial charge in [0.1, 0.15) is 0 Å². The van der Waals surface area contributed by atoms with E-state index in [0.29, 0.717) is 0 Å². The van der Waals surface area contributed by atoms with Crippen LogP contribution in [0.25, 0.3) is 0 Å². The van der Waals surface area contributed by atoms with Crippen molar-refractivity contribution in [3.05, 3.63) is 53.6 Å². The lowest BCUT2D eigenvalue weighted by atomic mass is 10.1. The van der Waals surface area contributed by atoms with Gasteiger partial charge in [-0.3, -0.25) is 0 Å². The predicted molar refractivity (Wildman–Crippen MR) is 93.2 cm³/mol. The first-order chi connectivity index (χ1) is 9.44. The zero-order chi connectivity index (χ0) is 14.8. The SMILES string of the molecule is CC[Si](C)(C)c1ccc(Nc2c(C)cccc2C)cc1. The number of nitrogens with one attached hydrogen (secondary N) is 1. The van der Waals surface area contributed by atoms with Crippen LogP contribution in [0, 0.1) is 13.8 Å². The van der Waals surface area contributed by atoms with Gasteiger partial charge in [0.15, 0.2) is 0 Å². The molecule has 0 spiro atoms. The third-order valence-electron chi connectivity index (χ3n) is 4.30. The van der Waals surface area contributed by atoms with Crippen molar-refractivity contribution in [2.45, 2.75) is 39.9 Å². The van der Waals surface area contributed by atoms with Crippen LogP contribution in [0.15, 0.2) is 42.5 Å². The fourth-order valence-corrected chi connectivity index (χ4v) is 3.84. The molecule has 1 N–H and O–H groups in total. The van der Waals surface area contributed by atoms with E-state index in [2.05, 4.69) is 81.6 Å². The fourth-order valence-electron chi connectivity index (χ4n) is 2.36. The highest BCUT2D eigenvalue weighted by molar-refractivity contribution is 6.89. The van der Waals surface area contributed by atoms with E-state index < -0.39 is 8.07 Å². The Bertz CT molecular complexity index is 565. The summed E-state index contributed by atoms with van der Waals surface area (Å²) >= 11 is 0. The van der Waals surface area contributed by atoms with Gasteiger partial charge in [-0.25, -0.2) is 0 Å². The maximum atomic E-state index is 3.55. The van der Waals surface area contributed by atoms with Gasteiger partial charge >= 0.3 is 0 Å². The predicted octanol–water partition coefficient (Wildman–Crippen LogP) is 4.98. The summed E-state index contributed by atoms with van der Waals surface area (Å²) in [5, 5.41) is 5.09. The van der Waals surface area contributed by atoms with E-state index in [-0.39, 0.29) is 0 Å². The molecule has 2 heteroatoms. The Morgan fingerprint density at radius 2 is 1.45 bits per heavy atom. The van der Waals surface area contributed by atoms with Crippen LogP contribution in [0.1, 0.15) is 18.1 Å². The molecule has 0 saturated carbocycles. The number of para-hydroxylation sites is 1. The molecule has 2 aromatic rings. The first kappa shape index (κ1) is 14.9. The van der Waals surface area contributed by atoms with Crippen molar-refractivity contribution in [1.29, 1.82) is 0 Å². The number of hydrogen-bond acceptors (Lipinski definition) is 1. The van der Waals surface area contributed by atoms with E-state index in [0.717, 1.165) is 0 Å².